The van der Waals surface area contributed by atoms with Crippen molar-refractivity contribution in [1.29, 1.82) is 0 Å². The second-order valence-electron chi connectivity index (χ2n) is 6.95. The van der Waals surface area contributed by atoms with Crippen molar-refractivity contribution < 1.29 is 23.8 Å². The standard InChI is InChI=1S/C20H28N2O5/c1-4-27-16-6-5-9-21(13-16)20(24)14-10-19(23)22(12-14)15-7-8-17(25-2)18(11-15)26-3/h7-8,11,14,16H,4-6,9-10,12-13H2,1-3H3. The molecule has 2 saturated heterocycles. The smallest absolute Gasteiger partial charge is 0.228 e. The Labute approximate surface area is 160 Å². The molecule has 7 nitrogen and oxygen atoms in total. The van der Waals surface area contributed by atoms with E-state index in [0.717, 1.165) is 25.1 Å². The molecule has 0 radical (unpaired) electrons. The van der Waals surface area contributed by atoms with Gasteiger partial charge >= 0.3 is 0 Å². The minimum absolute atomic E-state index is 0.0427. The van der Waals surface area contributed by atoms with Gasteiger partial charge < -0.3 is 24.0 Å². The summed E-state index contributed by atoms with van der Waals surface area (Å²) in [6.45, 7) is 4.37. The maximum atomic E-state index is 12.9. The lowest BCUT2D eigenvalue weighted by molar-refractivity contribution is -0.139. The van der Waals surface area contributed by atoms with Crippen LogP contribution in [0.2, 0.25) is 0 Å². The Morgan fingerprint density at radius 3 is 2.67 bits per heavy atom. The first-order chi connectivity index (χ1) is 13.1. The Bertz CT molecular complexity index is 691. The predicted octanol–water partition coefficient (Wildman–Crippen LogP) is 2.08. The van der Waals surface area contributed by atoms with Gasteiger partial charge in [-0.2, -0.15) is 0 Å². The van der Waals surface area contributed by atoms with Gasteiger partial charge in [-0.15, -0.1) is 0 Å². The van der Waals surface area contributed by atoms with Crippen molar-refractivity contribution >= 4 is 17.5 Å². The lowest BCUT2D eigenvalue weighted by atomic mass is 10.0. The number of hydrogen-bond donors (Lipinski definition) is 0. The molecule has 7 heteroatoms. The van der Waals surface area contributed by atoms with E-state index in [-0.39, 0.29) is 30.3 Å². The van der Waals surface area contributed by atoms with Gasteiger partial charge in [-0.05, 0) is 31.9 Å². The van der Waals surface area contributed by atoms with Crippen LogP contribution in [0.15, 0.2) is 18.2 Å². The molecule has 2 aliphatic heterocycles. The van der Waals surface area contributed by atoms with Gasteiger partial charge in [-0.25, -0.2) is 0 Å². The Hall–Kier alpha value is -2.28. The highest BCUT2D eigenvalue weighted by molar-refractivity contribution is 6.00. The molecule has 2 atom stereocenters. The number of rotatable bonds is 6. The van der Waals surface area contributed by atoms with Crippen LogP contribution in [0.4, 0.5) is 5.69 Å². The lowest BCUT2D eigenvalue weighted by Crippen LogP contribution is -2.46. The fourth-order valence-corrected chi connectivity index (χ4v) is 3.88. The number of anilines is 1. The zero-order valence-corrected chi connectivity index (χ0v) is 16.3. The molecule has 3 rings (SSSR count). The summed E-state index contributed by atoms with van der Waals surface area (Å²) in [4.78, 5) is 29.0. The molecule has 0 aliphatic carbocycles. The van der Waals surface area contributed by atoms with Crippen LogP contribution in [0.5, 0.6) is 11.5 Å². The zero-order valence-electron chi connectivity index (χ0n) is 16.3. The van der Waals surface area contributed by atoms with E-state index in [0.29, 0.717) is 31.2 Å². The van der Waals surface area contributed by atoms with E-state index in [1.165, 1.54) is 0 Å². The first-order valence-electron chi connectivity index (χ1n) is 9.50. The number of methoxy groups -OCH3 is 2. The van der Waals surface area contributed by atoms with E-state index in [9.17, 15) is 9.59 Å². The molecule has 1 aromatic carbocycles. The van der Waals surface area contributed by atoms with E-state index < -0.39 is 0 Å². The van der Waals surface area contributed by atoms with E-state index in [2.05, 4.69) is 0 Å². The average Bonchev–Trinajstić information content (AvgIpc) is 3.09. The molecule has 0 saturated carbocycles. The molecule has 1 aromatic rings. The normalized spacial score (nSPS) is 22.9. The maximum absolute atomic E-state index is 12.9. The molecule has 2 fully saturated rings. The summed E-state index contributed by atoms with van der Waals surface area (Å²) in [5.41, 5.74) is 0.721. The van der Waals surface area contributed by atoms with Gasteiger partial charge in [-0.3, -0.25) is 9.59 Å². The molecular weight excluding hydrogens is 348 g/mol. The number of benzene rings is 1. The number of ether oxygens (including phenoxy) is 3. The summed E-state index contributed by atoms with van der Waals surface area (Å²) in [6.07, 6.45) is 2.27. The van der Waals surface area contributed by atoms with Crippen LogP contribution in [-0.2, 0) is 14.3 Å². The third-order valence-corrected chi connectivity index (χ3v) is 5.25. The van der Waals surface area contributed by atoms with Gasteiger partial charge in [0.25, 0.3) is 0 Å². The van der Waals surface area contributed by atoms with Crippen LogP contribution in [0.1, 0.15) is 26.2 Å². The number of nitrogens with zero attached hydrogens (tertiary/aromatic N) is 2. The second-order valence-corrected chi connectivity index (χ2v) is 6.95. The van der Waals surface area contributed by atoms with Crippen molar-refractivity contribution in [2.24, 2.45) is 5.92 Å². The van der Waals surface area contributed by atoms with E-state index in [4.69, 9.17) is 14.2 Å². The van der Waals surface area contributed by atoms with Crippen LogP contribution in [0.3, 0.4) is 0 Å². The topological polar surface area (TPSA) is 68.3 Å². The highest BCUT2D eigenvalue weighted by atomic mass is 16.5. The summed E-state index contributed by atoms with van der Waals surface area (Å²) < 4.78 is 16.3. The monoisotopic (exact) mass is 376 g/mol. The van der Waals surface area contributed by atoms with Crippen molar-refractivity contribution in [2.45, 2.75) is 32.3 Å². The maximum Gasteiger partial charge on any atom is 0.228 e. The molecule has 2 unspecified atom stereocenters. The van der Waals surface area contributed by atoms with Crippen molar-refractivity contribution in [1.82, 2.24) is 4.90 Å². The second kappa shape index (κ2) is 8.61. The average molecular weight is 376 g/mol. The third-order valence-electron chi connectivity index (χ3n) is 5.25. The molecule has 0 N–H and O–H groups in total. The van der Waals surface area contributed by atoms with E-state index in [1.807, 2.05) is 17.9 Å². The summed E-state index contributed by atoms with van der Waals surface area (Å²) in [5, 5.41) is 0. The lowest BCUT2D eigenvalue weighted by Gasteiger charge is -2.34. The Morgan fingerprint density at radius 2 is 1.96 bits per heavy atom. The molecule has 0 aromatic heterocycles. The van der Waals surface area contributed by atoms with Crippen molar-refractivity contribution in [3.63, 3.8) is 0 Å². The molecule has 2 heterocycles. The van der Waals surface area contributed by atoms with Crippen molar-refractivity contribution in [3.05, 3.63) is 18.2 Å². The summed E-state index contributed by atoms with van der Waals surface area (Å²) in [5.74, 6) is 0.865. The largest absolute Gasteiger partial charge is 0.493 e. The predicted molar refractivity (Wildman–Crippen MR) is 101 cm³/mol. The summed E-state index contributed by atoms with van der Waals surface area (Å²) in [6, 6.07) is 5.36. The van der Waals surface area contributed by atoms with Gasteiger partial charge in [0.05, 0.1) is 26.2 Å². The van der Waals surface area contributed by atoms with Crippen LogP contribution >= 0.6 is 0 Å². The Balaban J connectivity index is 1.69. The van der Waals surface area contributed by atoms with Gasteiger partial charge in [0.2, 0.25) is 11.8 Å². The molecule has 2 amide bonds. The number of piperidine rings is 1. The van der Waals surface area contributed by atoms with Crippen molar-refractivity contribution in [3.8, 4) is 11.5 Å². The highest BCUT2D eigenvalue weighted by Gasteiger charge is 2.38. The van der Waals surface area contributed by atoms with Gasteiger partial charge in [-0.1, -0.05) is 0 Å². The highest BCUT2D eigenvalue weighted by Crippen LogP contribution is 2.34. The molecule has 0 bridgehead atoms. The molecule has 2 aliphatic rings. The van der Waals surface area contributed by atoms with Crippen LogP contribution in [0.25, 0.3) is 0 Å². The summed E-state index contributed by atoms with van der Waals surface area (Å²) in [7, 11) is 3.13. The number of carbonyl (C=O) groups excluding carboxylic acids is 2. The van der Waals surface area contributed by atoms with Crippen LogP contribution < -0.4 is 14.4 Å². The molecule has 0 spiro atoms. The molecule has 148 valence electrons. The van der Waals surface area contributed by atoms with Gasteiger partial charge in [0.1, 0.15) is 0 Å². The molecule has 27 heavy (non-hydrogen) atoms. The third kappa shape index (κ3) is 4.18. The summed E-state index contributed by atoms with van der Waals surface area (Å²) >= 11 is 0. The van der Waals surface area contributed by atoms with Gasteiger partial charge in [0, 0.05) is 44.4 Å². The zero-order chi connectivity index (χ0) is 19.4. The number of hydrogen-bond acceptors (Lipinski definition) is 5. The first kappa shape index (κ1) is 19.5. The minimum Gasteiger partial charge on any atom is -0.493 e. The fourth-order valence-electron chi connectivity index (χ4n) is 3.88. The van der Waals surface area contributed by atoms with Crippen LogP contribution in [0, 0.1) is 5.92 Å². The first-order valence-corrected chi connectivity index (χ1v) is 9.50. The fraction of sp³-hybridized carbons (Fsp3) is 0.600. The van der Waals surface area contributed by atoms with Crippen molar-refractivity contribution in [2.75, 3.05) is 45.4 Å². The van der Waals surface area contributed by atoms with E-state index in [1.54, 1.807) is 31.3 Å². The van der Waals surface area contributed by atoms with E-state index >= 15 is 0 Å². The number of likely N-dealkylation sites (tertiary alicyclic amines) is 1. The Kier molecular flexibility index (Phi) is 6.21. The number of carbonyl (C=O) groups is 2. The SMILES string of the molecule is CCOC1CCCN(C(=O)C2CC(=O)N(c3ccc(OC)c(OC)c3)C2)C1. The van der Waals surface area contributed by atoms with Crippen LogP contribution in [-0.4, -0.2) is 63.3 Å². The minimum atomic E-state index is -0.314. The molecular formula is C20H28N2O5. The number of amides is 2. The Morgan fingerprint density at radius 1 is 1.19 bits per heavy atom. The van der Waals surface area contributed by atoms with Gasteiger partial charge in [0.15, 0.2) is 11.5 Å². The quantitative estimate of drug-likeness (QED) is 0.760.